The van der Waals surface area contributed by atoms with Crippen LogP contribution in [0.2, 0.25) is 0 Å². The van der Waals surface area contributed by atoms with Crippen LogP contribution in [-0.2, 0) is 4.74 Å². The van der Waals surface area contributed by atoms with E-state index in [0.29, 0.717) is 18.5 Å². The van der Waals surface area contributed by atoms with Gasteiger partial charge in [0.05, 0.1) is 18.9 Å². The molecule has 0 spiro atoms. The number of piperidine rings is 1. The smallest absolute Gasteiger partial charge is 0.194 e. The monoisotopic (exact) mass is 387 g/mol. The Morgan fingerprint density at radius 3 is 2.82 bits per heavy atom. The first kappa shape index (κ1) is 20.3. The van der Waals surface area contributed by atoms with Gasteiger partial charge in [0.15, 0.2) is 5.96 Å². The molecule has 1 fully saturated rings. The minimum Gasteiger partial charge on any atom is -0.375 e. The highest BCUT2D eigenvalue weighted by atomic mass is 19.1. The molecule has 7 heteroatoms. The maximum atomic E-state index is 13.2. The summed E-state index contributed by atoms with van der Waals surface area (Å²) in [6.07, 6.45) is 6.65. The summed E-state index contributed by atoms with van der Waals surface area (Å²) in [5.41, 5.74) is 0.923. The van der Waals surface area contributed by atoms with Gasteiger partial charge in [0.1, 0.15) is 11.9 Å². The Morgan fingerprint density at radius 2 is 2.18 bits per heavy atom. The normalized spacial score (nSPS) is 21.6. The molecule has 1 aromatic carbocycles. The minimum absolute atomic E-state index is 0.206. The van der Waals surface area contributed by atoms with Crippen LogP contribution in [0.1, 0.15) is 38.0 Å². The van der Waals surface area contributed by atoms with Crippen LogP contribution in [0.25, 0.3) is 0 Å². The highest BCUT2D eigenvalue weighted by Crippen LogP contribution is 2.27. The topological polar surface area (TPSA) is 54.7 Å². The predicted octanol–water partition coefficient (Wildman–Crippen LogP) is 3.26. The molecular formula is C21H30FN5O. The Kier molecular flexibility index (Phi) is 7.03. The maximum Gasteiger partial charge on any atom is 0.194 e. The molecule has 0 radical (unpaired) electrons. The quantitative estimate of drug-likeness (QED) is 0.611. The third-order valence-electron chi connectivity index (χ3n) is 5.39. The molecule has 0 aliphatic carbocycles. The van der Waals surface area contributed by atoms with E-state index in [2.05, 4.69) is 33.6 Å². The Hall–Kier alpha value is -2.41. The Morgan fingerprint density at radius 1 is 1.39 bits per heavy atom. The van der Waals surface area contributed by atoms with Crippen molar-refractivity contribution in [3.8, 4) is 0 Å². The molecule has 152 valence electrons. The number of nitrogens with zero attached hydrogens (tertiary/aromatic N) is 4. The molecule has 1 aromatic heterocycles. The van der Waals surface area contributed by atoms with Crippen molar-refractivity contribution in [2.75, 3.05) is 33.3 Å². The van der Waals surface area contributed by atoms with Crippen LogP contribution >= 0.6 is 0 Å². The number of likely N-dealkylation sites (tertiary alicyclic amines) is 1. The van der Waals surface area contributed by atoms with E-state index >= 15 is 0 Å². The number of rotatable bonds is 6. The minimum atomic E-state index is -0.247. The lowest BCUT2D eigenvalue weighted by atomic mass is 9.93. The summed E-state index contributed by atoms with van der Waals surface area (Å²) in [4.78, 5) is 11.4. The molecule has 1 aliphatic rings. The van der Waals surface area contributed by atoms with Crippen molar-refractivity contribution >= 4 is 5.96 Å². The van der Waals surface area contributed by atoms with E-state index < -0.39 is 0 Å². The van der Waals surface area contributed by atoms with Crippen molar-refractivity contribution in [1.29, 1.82) is 0 Å². The van der Waals surface area contributed by atoms with Gasteiger partial charge in [-0.3, -0.25) is 4.99 Å². The Balaban J connectivity index is 1.73. The maximum absolute atomic E-state index is 13.2. The van der Waals surface area contributed by atoms with E-state index in [1.54, 1.807) is 19.2 Å². The van der Waals surface area contributed by atoms with Crippen LogP contribution < -0.4 is 5.32 Å². The molecule has 3 atom stereocenters. The molecule has 3 rings (SSSR count). The number of aromatic nitrogens is 2. The van der Waals surface area contributed by atoms with E-state index in [0.717, 1.165) is 37.6 Å². The van der Waals surface area contributed by atoms with Gasteiger partial charge in [-0.05, 0) is 37.0 Å². The molecule has 2 aromatic rings. The summed E-state index contributed by atoms with van der Waals surface area (Å²) in [7, 11) is 1.66. The lowest BCUT2D eigenvalue weighted by Crippen LogP contribution is -2.49. The average molecular weight is 388 g/mol. The zero-order valence-electron chi connectivity index (χ0n) is 16.9. The molecule has 0 bridgehead atoms. The zero-order chi connectivity index (χ0) is 19.9. The second kappa shape index (κ2) is 9.68. The number of guanidine groups is 1. The van der Waals surface area contributed by atoms with E-state index in [1.165, 1.54) is 12.1 Å². The van der Waals surface area contributed by atoms with Crippen molar-refractivity contribution in [2.45, 2.75) is 32.4 Å². The number of aliphatic imine (C=N–C) groups is 1. The third kappa shape index (κ3) is 4.90. The fourth-order valence-electron chi connectivity index (χ4n) is 3.68. The van der Waals surface area contributed by atoms with Crippen LogP contribution in [0, 0.1) is 11.7 Å². The Bertz CT molecular complexity index is 747. The molecule has 0 saturated carbocycles. The summed E-state index contributed by atoms with van der Waals surface area (Å²) in [5, 5.41) is 3.41. The largest absolute Gasteiger partial charge is 0.375 e. The fourth-order valence-corrected chi connectivity index (χ4v) is 3.68. The number of hydrogen-bond acceptors (Lipinski definition) is 3. The standard InChI is InChI=1S/C21H30FN5O/c1-4-24-21(25-13-20(28-3)17-5-7-18(22)8-6-17)26-11-9-16(2)19(14-26)27-12-10-23-15-27/h5-8,10,12,15-16,19-20H,4,9,11,13-14H2,1-3H3,(H,24,25). The molecule has 2 heterocycles. The van der Waals surface area contributed by atoms with Crippen molar-refractivity contribution < 1.29 is 9.13 Å². The molecular weight excluding hydrogens is 357 g/mol. The molecule has 0 amide bonds. The number of nitrogens with one attached hydrogen (secondary N) is 1. The molecule has 1 saturated heterocycles. The molecule has 1 N–H and O–H groups in total. The van der Waals surface area contributed by atoms with Crippen LogP contribution in [0.15, 0.2) is 48.0 Å². The lowest BCUT2D eigenvalue weighted by molar-refractivity contribution is 0.110. The van der Waals surface area contributed by atoms with Crippen molar-refractivity contribution in [2.24, 2.45) is 10.9 Å². The van der Waals surface area contributed by atoms with E-state index in [1.807, 2.05) is 18.7 Å². The van der Waals surface area contributed by atoms with Gasteiger partial charge in [0.2, 0.25) is 0 Å². The highest BCUT2D eigenvalue weighted by Gasteiger charge is 2.29. The van der Waals surface area contributed by atoms with Gasteiger partial charge >= 0.3 is 0 Å². The molecule has 6 nitrogen and oxygen atoms in total. The molecule has 28 heavy (non-hydrogen) atoms. The van der Waals surface area contributed by atoms with Crippen molar-refractivity contribution in [3.05, 3.63) is 54.4 Å². The number of imidazole rings is 1. The first-order chi connectivity index (χ1) is 13.6. The van der Waals surface area contributed by atoms with Gasteiger partial charge in [-0.1, -0.05) is 19.1 Å². The first-order valence-electron chi connectivity index (χ1n) is 9.91. The number of benzene rings is 1. The average Bonchev–Trinajstić information content (AvgIpc) is 3.24. The van der Waals surface area contributed by atoms with Gasteiger partial charge in [-0.25, -0.2) is 9.37 Å². The molecule has 1 aliphatic heterocycles. The summed E-state index contributed by atoms with van der Waals surface area (Å²) in [6.45, 7) is 7.50. The van der Waals surface area contributed by atoms with Gasteiger partial charge < -0.3 is 19.5 Å². The van der Waals surface area contributed by atoms with Crippen LogP contribution in [0.3, 0.4) is 0 Å². The highest BCUT2D eigenvalue weighted by molar-refractivity contribution is 5.80. The van der Waals surface area contributed by atoms with Crippen LogP contribution in [0.5, 0.6) is 0 Å². The second-order valence-corrected chi connectivity index (χ2v) is 7.26. The summed E-state index contributed by atoms with van der Waals surface area (Å²) in [5.74, 6) is 1.23. The summed E-state index contributed by atoms with van der Waals surface area (Å²) in [6, 6.07) is 6.79. The number of hydrogen-bond donors (Lipinski definition) is 1. The second-order valence-electron chi connectivity index (χ2n) is 7.26. The van der Waals surface area contributed by atoms with Gasteiger partial charge in [-0.2, -0.15) is 0 Å². The fraction of sp³-hybridized carbons (Fsp3) is 0.524. The van der Waals surface area contributed by atoms with Gasteiger partial charge in [0, 0.05) is 39.1 Å². The molecule has 3 unspecified atom stereocenters. The van der Waals surface area contributed by atoms with Gasteiger partial charge in [-0.15, -0.1) is 0 Å². The summed E-state index contributed by atoms with van der Waals surface area (Å²) >= 11 is 0. The first-order valence-corrected chi connectivity index (χ1v) is 9.91. The SMILES string of the molecule is CCNC(=NCC(OC)c1ccc(F)cc1)N1CCC(C)C(n2ccnc2)C1. The summed E-state index contributed by atoms with van der Waals surface area (Å²) < 4.78 is 21.0. The number of ether oxygens (including phenoxy) is 1. The van der Waals surface area contributed by atoms with E-state index in [9.17, 15) is 4.39 Å². The van der Waals surface area contributed by atoms with Crippen LogP contribution in [0.4, 0.5) is 4.39 Å². The lowest BCUT2D eigenvalue weighted by Gasteiger charge is -2.39. The predicted molar refractivity (Wildman–Crippen MR) is 109 cm³/mol. The van der Waals surface area contributed by atoms with E-state index in [-0.39, 0.29) is 11.9 Å². The Labute approximate surface area is 166 Å². The number of methoxy groups -OCH3 is 1. The number of halogens is 1. The van der Waals surface area contributed by atoms with Gasteiger partial charge in [0.25, 0.3) is 0 Å². The third-order valence-corrected chi connectivity index (χ3v) is 5.39. The zero-order valence-corrected chi connectivity index (χ0v) is 16.9. The van der Waals surface area contributed by atoms with Crippen molar-refractivity contribution in [1.82, 2.24) is 19.8 Å². The van der Waals surface area contributed by atoms with Crippen molar-refractivity contribution in [3.63, 3.8) is 0 Å². The van der Waals surface area contributed by atoms with E-state index in [4.69, 9.17) is 9.73 Å². The van der Waals surface area contributed by atoms with Crippen LogP contribution in [-0.4, -0.2) is 53.7 Å².